The van der Waals surface area contributed by atoms with E-state index in [9.17, 15) is 0 Å². The summed E-state index contributed by atoms with van der Waals surface area (Å²) in [5, 5.41) is 0. The Morgan fingerprint density at radius 2 is 1.06 bits per heavy atom. The number of rotatable bonds is 16. The maximum absolute atomic E-state index is 2.59. The van der Waals surface area contributed by atoms with Crippen LogP contribution in [-0.4, -0.2) is 0 Å². The Morgan fingerprint density at radius 1 is 0.510 bits per heavy atom. The Morgan fingerprint density at radius 3 is 1.67 bits per heavy atom. The molecule has 254 valence electrons. The molecule has 5 aromatic rings. The van der Waals surface area contributed by atoms with Crippen molar-refractivity contribution in [2.75, 3.05) is 4.90 Å². The number of nitrogens with zero attached hydrogens (tertiary/aromatic N) is 1. The fourth-order valence-electron chi connectivity index (χ4n) is 8.46. The lowest BCUT2D eigenvalue weighted by Crippen LogP contribution is -2.38. The molecule has 49 heavy (non-hydrogen) atoms. The third-order valence-corrected chi connectivity index (χ3v) is 11.3. The Balaban J connectivity index is 1.47. The molecule has 0 unspecified atom stereocenters. The minimum atomic E-state index is -0.282. The van der Waals surface area contributed by atoms with Gasteiger partial charge in [-0.1, -0.05) is 169 Å². The zero-order valence-electron chi connectivity index (χ0n) is 30.8. The molecule has 1 nitrogen and oxygen atoms in total. The number of benzene rings is 5. The number of aryl methyl sites for hydroxylation is 1. The van der Waals surface area contributed by atoms with Gasteiger partial charge in [-0.2, -0.15) is 0 Å². The monoisotopic (exact) mass is 647 g/mol. The van der Waals surface area contributed by atoms with E-state index in [-0.39, 0.29) is 11.0 Å². The van der Waals surface area contributed by atoms with Gasteiger partial charge in [0.2, 0.25) is 0 Å². The second kappa shape index (κ2) is 15.6. The van der Waals surface area contributed by atoms with Crippen molar-refractivity contribution >= 4 is 11.4 Å². The molecular formula is C48H57N. The van der Waals surface area contributed by atoms with E-state index in [1.165, 1.54) is 109 Å². The molecule has 1 aliphatic carbocycles. The van der Waals surface area contributed by atoms with Crippen LogP contribution in [-0.2, 0) is 17.4 Å². The molecule has 0 radical (unpaired) electrons. The van der Waals surface area contributed by atoms with E-state index in [0.717, 1.165) is 6.42 Å². The second-order valence-electron chi connectivity index (χ2n) is 14.8. The van der Waals surface area contributed by atoms with E-state index >= 15 is 0 Å². The van der Waals surface area contributed by atoms with Gasteiger partial charge in [0.25, 0.3) is 0 Å². The number of hydrogen-bond donors (Lipinski definition) is 0. The van der Waals surface area contributed by atoms with Gasteiger partial charge < -0.3 is 4.90 Å². The molecule has 0 aromatic heterocycles. The van der Waals surface area contributed by atoms with Gasteiger partial charge in [-0.25, -0.2) is 0 Å². The summed E-state index contributed by atoms with van der Waals surface area (Å²) < 4.78 is 0. The number of hydrogen-bond acceptors (Lipinski definition) is 1. The fraction of sp³-hybridized carbons (Fsp3) is 0.375. The number of anilines is 2. The predicted octanol–water partition coefficient (Wildman–Crippen LogP) is 14.2. The van der Waals surface area contributed by atoms with Crippen LogP contribution in [0.4, 0.5) is 11.4 Å². The van der Waals surface area contributed by atoms with Crippen molar-refractivity contribution in [1.29, 1.82) is 0 Å². The van der Waals surface area contributed by atoms with E-state index in [0.29, 0.717) is 0 Å². The van der Waals surface area contributed by atoms with Gasteiger partial charge in [0.1, 0.15) is 0 Å². The Bertz CT molecular complexity index is 1770. The maximum Gasteiger partial charge on any atom is 0.0646 e. The lowest BCUT2D eigenvalue weighted by Gasteiger charge is -2.42. The normalized spacial score (nSPS) is 13.2. The van der Waals surface area contributed by atoms with E-state index in [4.69, 9.17) is 0 Å². The lowest BCUT2D eigenvalue weighted by atomic mass is 9.70. The summed E-state index contributed by atoms with van der Waals surface area (Å²) in [5.74, 6) is 0. The Kier molecular flexibility index (Phi) is 11.1. The second-order valence-corrected chi connectivity index (χ2v) is 14.8. The molecule has 1 aliphatic rings. The standard InChI is InChI=1S/C48H57N/c1-6-9-11-18-34-48(35-19-12-10-7-2)45-23-17-16-22-43(45)44-33-32-42(36-46(44)48)49(47(4,5)40-20-14-13-15-21-40)41-30-28-39(29-31-41)38-26-24-37(8-3)25-27-38/h13-17,20-33,36H,6-12,18-19,34-35H2,1-5H3. The average Bonchev–Trinajstić information content (AvgIpc) is 3.41. The fourth-order valence-corrected chi connectivity index (χ4v) is 8.46. The van der Waals surface area contributed by atoms with Crippen molar-refractivity contribution < 1.29 is 0 Å². The average molecular weight is 648 g/mol. The molecule has 5 aromatic carbocycles. The Labute approximate surface area is 297 Å². The summed E-state index contributed by atoms with van der Waals surface area (Å²) in [6.07, 6.45) is 13.9. The molecule has 0 atom stereocenters. The van der Waals surface area contributed by atoms with Gasteiger partial charge in [-0.05, 0) is 102 Å². The largest absolute Gasteiger partial charge is 0.332 e. The first-order chi connectivity index (χ1) is 23.9. The van der Waals surface area contributed by atoms with Crippen molar-refractivity contribution in [3.8, 4) is 22.3 Å². The molecule has 1 heteroatoms. The first-order valence-electron chi connectivity index (χ1n) is 19.2. The van der Waals surface area contributed by atoms with Gasteiger partial charge in [0.15, 0.2) is 0 Å². The molecule has 0 aliphatic heterocycles. The molecular weight excluding hydrogens is 591 g/mol. The molecule has 0 spiro atoms. The topological polar surface area (TPSA) is 3.24 Å². The third kappa shape index (κ3) is 7.14. The zero-order valence-corrected chi connectivity index (χ0v) is 30.8. The van der Waals surface area contributed by atoms with Gasteiger partial charge in [0, 0.05) is 16.8 Å². The SMILES string of the molecule is CCCCCCC1(CCCCCC)c2ccccc2-c2ccc(N(c3ccc(-c4ccc(CC)cc4)cc3)C(C)(C)c3ccccc3)cc21. The molecule has 0 bridgehead atoms. The minimum absolute atomic E-state index is 0.0560. The van der Waals surface area contributed by atoms with Crippen molar-refractivity contribution in [1.82, 2.24) is 0 Å². The molecule has 0 fully saturated rings. The highest BCUT2D eigenvalue weighted by molar-refractivity contribution is 5.84. The van der Waals surface area contributed by atoms with E-state index in [2.05, 4.69) is 161 Å². The summed E-state index contributed by atoms with van der Waals surface area (Å²) in [6.45, 7) is 11.6. The van der Waals surface area contributed by atoms with Crippen LogP contribution >= 0.6 is 0 Å². The zero-order chi connectivity index (χ0) is 34.3. The maximum atomic E-state index is 2.59. The van der Waals surface area contributed by atoms with Crippen LogP contribution < -0.4 is 4.90 Å². The molecule has 0 N–H and O–H groups in total. The lowest BCUT2D eigenvalue weighted by molar-refractivity contribution is 0.401. The van der Waals surface area contributed by atoms with Crippen molar-refractivity contribution in [2.24, 2.45) is 0 Å². The summed E-state index contributed by atoms with van der Waals surface area (Å²) >= 11 is 0. The van der Waals surface area contributed by atoms with Crippen LogP contribution in [0, 0.1) is 0 Å². The van der Waals surface area contributed by atoms with Gasteiger partial charge >= 0.3 is 0 Å². The van der Waals surface area contributed by atoms with Crippen molar-refractivity contribution in [3.05, 3.63) is 144 Å². The van der Waals surface area contributed by atoms with Gasteiger partial charge in [0.05, 0.1) is 5.54 Å². The van der Waals surface area contributed by atoms with Crippen LogP contribution in [0.15, 0.2) is 121 Å². The quantitative estimate of drug-likeness (QED) is 0.0963. The smallest absolute Gasteiger partial charge is 0.0646 e. The highest BCUT2D eigenvalue weighted by atomic mass is 15.2. The number of unbranched alkanes of at least 4 members (excludes halogenated alkanes) is 6. The van der Waals surface area contributed by atoms with Gasteiger partial charge in [-0.15, -0.1) is 0 Å². The van der Waals surface area contributed by atoms with Gasteiger partial charge in [-0.3, -0.25) is 0 Å². The summed E-state index contributed by atoms with van der Waals surface area (Å²) in [4.78, 5) is 2.59. The van der Waals surface area contributed by atoms with Crippen LogP contribution in [0.1, 0.15) is 121 Å². The highest BCUT2D eigenvalue weighted by Crippen LogP contribution is 2.56. The molecule has 0 saturated carbocycles. The first-order valence-corrected chi connectivity index (χ1v) is 19.2. The molecule has 0 amide bonds. The van der Waals surface area contributed by atoms with Crippen LogP contribution in [0.3, 0.4) is 0 Å². The molecule has 6 rings (SSSR count). The first kappa shape index (κ1) is 34.8. The van der Waals surface area contributed by atoms with E-state index in [1.807, 2.05) is 0 Å². The van der Waals surface area contributed by atoms with E-state index < -0.39 is 0 Å². The summed E-state index contributed by atoms with van der Waals surface area (Å²) in [5.41, 5.74) is 13.5. The van der Waals surface area contributed by atoms with E-state index in [1.54, 1.807) is 11.1 Å². The summed E-state index contributed by atoms with van der Waals surface area (Å²) in [6, 6.07) is 46.1. The molecule has 0 saturated heterocycles. The van der Waals surface area contributed by atoms with Crippen molar-refractivity contribution in [2.45, 2.75) is 116 Å². The molecule has 0 heterocycles. The van der Waals surface area contributed by atoms with Crippen LogP contribution in [0.5, 0.6) is 0 Å². The minimum Gasteiger partial charge on any atom is -0.332 e. The van der Waals surface area contributed by atoms with Crippen LogP contribution in [0.2, 0.25) is 0 Å². The third-order valence-electron chi connectivity index (χ3n) is 11.3. The summed E-state index contributed by atoms with van der Waals surface area (Å²) in [7, 11) is 0. The predicted molar refractivity (Wildman–Crippen MR) is 213 cm³/mol. The Hall–Kier alpha value is -4.10. The van der Waals surface area contributed by atoms with Crippen LogP contribution in [0.25, 0.3) is 22.3 Å². The highest BCUT2D eigenvalue weighted by Gasteiger charge is 2.43. The van der Waals surface area contributed by atoms with Crippen molar-refractivity contribution in [3.63, 3.8) is 0 Å². The number of fused-ring (bicyclic) bond motifs is 3.